The Balaban J connectivity index is 2.96. The molecule has 0 aliphatic rings. The van der Waals surface area contributed by atoms with Gasteiger partial charge in [-0.05, 0) is 19.3 Å². The SMILES string of the molecule is NC(N)=NCCCC(NC(=O)C(Cc1cnc[nH]1)NC(=O)C(N)CCC(=O)O)C(=O)NCC(=O)O. The van der Waals surface area contributed by atoms with Crippen molar-refractivity contribution in [2.75, 3.05) is 13.1 Å². The Kier molecular flexibility index (Phi) is 12.2. The van der Waals surface area contributed by atoms with Crippen LogP contribution in [-0.2, 0) is 30.4 Å². The summed E-state index contributed by atoms with van der Waals surface area (Å²) in [5.41, 5.74) is 16.8. The van der Waals surface area contributed by atoms with E-state index in [1.807, 2.05) is 0 Å². The van der Waals surface area contributed by atoms with Gasteiger partial charge in [0.1, 0.15) is 18.6 Å². The van der Waals surface area contributed by atoms with Gasteiger partial charge in [-0.1, -0.05) is 0 Å². The number of aromatic amines is 1. The quantitative estimate of drug-likeness (QED) is 0.0610. The summed E-state index contributed by atoms with van der Waals surface area (Å²) >= 11 is 0. The number of guanidine groups is 1. The van der Waals surface area contributed by atoms with E-state index >= 15 is 0 Å². The normalized spacial score (nSPS) is 13.1. The molecule has 35 heavy (non-hydrogen) atoms. The summed E-state index contributed by atoms with van der Waals surface area (Å²) in [4.78, 5) is 69.9. The van der Waals surface area contributed by atoms with Crippen LogP contribution in [-0.4, -0.2) is 87.0 Å². The van der Waals surface area contributed by atoms with Crippen LogP contribution in [0.1, 0.15) is 31.4 Å². The van der Waals surface area contributed by atoms with E-state index in [1.165, 1.54) is 12.5 Å². The van der Waals surface area contributed by atoms with Crippen LogP contribution < -0.4 is 33.2 Å². The van der Waals surface area contributed by atoms with Crippen LogP contribution in [0.2, 0.25) is 0 Å². The van der Waals surface area contributed by atoms with Gasteiger partial charge in [0.2, 0.25) is 17.7 Å². The largest absolute Gasteiger partial charge is 0.481 e. The summed E-state index contributed by atoms with van der Waals surface area (Å²) in [6.07, 6.45) is 2.62. The Labute approximate surface area is 200 Å². The number of aliphatic carboxylic acids is 2. The number of nitrogens with two attached hydrogens (primary N) is 3. The van der Waals surface area contributed by atoms with Gasteiger partial charge in [-0.25, -0.2) is 4.98 Å². The fraction of sp³-hybridized carbons (Fsp3) is 0.526. The van der Waals surface area contributed by atoms with Crippen molar-refractivity contribution in [2.45, 2.75) is 50.2 Å². The van der Waals surface area contributed by atoms with Crippen LogP contribution in [0.4, 0.5) is 0 Å². The maximum Gasteiger partial charge on any atom is 0.322 e. The lowest BCUT2D eigenvalue weighted by Gasteiger charge is -2.24. The van der Waals surface area contributed by atoms with Crippen molar-refractivity contribution in [1.82, 2.24) is 25.9 Å². The molecule has 0 saturated heterocycles. The van der Waals surface area contributed by atoms with Gasteiger partial charge in [-0.2, -0.15) is 0 Å². The van der Waals surface area contributed by atoms with E-state index in [9.17, 15) is 24.0 Å². The molecule has 1 aromatic heterocycles. The smallest absolute Gasteiger partial charge is 0.322 e. The highest BCUT2D eigenvalue weighted by molar-refractivity contribution is 5.93. The first kappa shape index (κ1) is 28.8. The number of aliphatic imine (C=N–C) groups is 1. The van der Waals surface area contributed by atoms with Crippen LogP contribution in [0.15, 0.2) is 17.5 Å². The van der Waals surface area contributed by atoms with Crippen molar-refractivity contribution in [3.63, 3.8) is 0 Å². The number of hydrogen-bond donors (Lipinski definition) is 9. The maximum atomic E-state index is 13.0. The third kappa shape index (κ3) is 12.0. The summed E-state index contributed by atoms with van der Waals surface area (Å²) in [5, 5.41) is 24.7. The van der Waals surface area contributed by atoms with Crippen LogP contribution in [0.5, 0.6) is 0 Å². The van der Waals surface area contributed by atoms with Crippen LogP contribution in [0, 0.1) is 0 Å². The molecule has 3 unspecified atom stereocenters. The second-order valence-electron chi connectivity index (χ2n) is 7.50. The molecule has 0 aliphatic heterocycles. The summed E-state index contributed by atoms with van der Waals surface area (Å²) in [7, 11) is 0. The molecule has 12 N–H and O–H groups in total. The average molecular weight is 498 g/mol. The fourth-order valence-corrected chi connectivity index (χ4v) is 2.84. The number of H-pyrrole nitrogens is 1. The molecule has 1 heterocycles. The molecule has 3 atom stereocenters. The zero-order chi connectivity index (χ0) is 26.4. The Morgan fingerprint density at radius 1 is 1.00 bits per heavy atom. The van der Waals surface area contributed by atoms with Gasteiger partial charge in [0.25, 0.3) is 0 Å². The first-order valence-corrected chi connectivity index (χ1v) is 10.6. The van der Waals surface area contributed by atoms with E-state index in [-0.39, 0.29) is 44.6 Å². The van der Waals surface area contributed by atoms with Crippen LogP contribution in [0.3, 0.4) is 0 Å². The second-order valence-corrected chi connectivity index (χ2v) is 7.50. The van der Waals surface area contributed by atoms with Crippen molar-refractivity contribution in [3.05, 3.63) is 18.2 Å². The van der Waals surface area contributed by atoms with E-state index < -0.39 is 54.3 Å². The zero-order valence-electron chi connectivity index (χ0n) is 18.9. The fourth-order valence-electron chi connectivity index (χ4n) is 2.84. The standard InChI is InChI=1S/C19H31N9O7/c20-11(3-4-14(29)30)16(33)28-13(6-10-7-23-9-26-10)18(35)27-12(2-1-5-24-19(21)22)17(34)25-8-15(31)32/h7,9,11-13H,1-6,8,20H2,(H,23,26)(H,25,34)(H,27,35)(H,28,33)(H,29,30)(H,31,32)(H4,21,22,24). The van der Waals surface area contributed by atoms with Crippen molar-refractivity contribution in [1.29, 1.82) is 0 Å². The van der Waals surface area contributed by atoms with Crippen molar-refractivity contribution in [3.8, 4) is 0 Å². The van der Waals surface area contributed by atoms with E-state index in [2.05, 4.69) is 30.9 Å². The number of rotatable bonds is 16. The molecule has 16 heteroatoms. The van der Waals surface area contributed by atoms with Gasteiger partial charge in [-0.3, -0.25) is 29.0 Å². The lowest BCUT2D eigenvalue weighted by atomic mass is 10.1. The monoisotopic (exact) mass is 497 g/mol. The van der Waals surface area contributed by atoms with Crippen molar-refractivity contribution >= 4 is 35.6 Å². The minimum Gasteiger partial charge on any atom is -0.481 e. The highest BCUT2D eigenvalue weighted by atomic mass is 16.4. The molecule has 0 bridgehead atoms. The minimum atomic E-state index is -1.27. The number of nitrogens with zero attached hydrogens (tertiary/aromatic N) is 2. The molecule has 1 rings (SSSR count). The van der Waals surface area contributed by atoms with Gasteiger partial charge in [-0.15, -0.1) is 0 Å². The summed E-state index contributed by atoms with van der Waals surface area (Å²) in [5.74, 6) is -4.82. The molecule has 194 valence electrons. The number of nitrogens with one attached hydrogen (secondary N) is 4. The van der Waals surface area contributed by atoms with Crippen molar-refractivity contribution in [2.24, 2.45) is 22.2 Å². The predicted octanol–water partition coefficient (Wildman–Crippen LogP) is -3.63. The molecule has 0 aliphatic carbocycles. The molecule has 0 radical (unpaired) electrons. The Morgan fingerprint density at radius 2 is 1.69 bits per heavy atom. The Hall–Kier alpha value is -4.21. The highest BCUT2D eigenvalue weighted by Crippen LogP contribution is 2.05. The van der Waals surface area contributed by atoms with Gasteiger partial charge in [0.15, 0.2) is 5.96 Å². The number of carboxylic acids is 2. The number of carbonyl (C=O) groups is 5. The molecular formula is C19H31N9O7. The Bertz CT molecular complexity index is 900. The van der Waals surface area contributed by atoms with E-state index in [0.29, 0.717) is 5.69 Å². The average Bonchev–Trinajstić information content (AvgIpc) is 3.30. The third-order valence-corrected chi connectivity index (χ3v) is 4.61. The van der Waals surface area contributed by atoms with E-state index in [1.54, 1.807) is 0 Å². The molecular weight excluding hydrogens is 466 g/mol. The number of carboxylic acid groups (broad SMARTS) is 2. The zero-order valence-corrected chi connectivity index (χ0v) is 18.9. The Morgan fingerprint density at radius 3 is 2.26 bits per heavy atom. The molecule has 0 spiro atoms. The number of hydrogen-bond acceptors (Lipinski definition) is 8. The number of carbonyl (C=O) groups excluding carboxylic acids is 3. The first-order valence-electron chi connectivity index (χ1n) is 10.6. The molecule has 3 amide bonds. The molecule has 0 saturated carbocycles. The molecule has 16 nitrogen and oxygen atoms in total. The topological polar surface area (TPSA) is 281 Å². The number of amides is 3. The van der Waals surface area contributed by atoms with Crippen LogP contribution >= 0.6 is 0 Å². The molecule has 0 aromatic carbocycles. The van der Waals surface area contributed by atoms with E-state index in [4.69, 9.17) is 27.4 Å². The van der Waals surface area contributed by atoms with Gasteiger partial charge in [0, 0.05) is 31.3 Å². The predicted molar refractivity (Wildman–Crippen MR) is 122 cm³/mol. The lowest BCUT2D eigenvalue weighted by molar-refractivity contribution is -0.139. The van der Waals surface area contributed by atoms with Gasteiger partial charge >= 0.3 is 11.9 Å². The second kappa shape index (κ2) is 14.8. The number of aromatic nitrogens is 2. The summed E-state index contributed by atoms with van der Waals surface area (Å²) < 4.78 is 0. The molecule has 1 aromatic rings. The van der Waals surface area contributed by atoms with Gasteiger partial charge in [0.05, 0.1) is 12.4 Å². The first-order chi connectivity index (χ1) is 16.5. The van der Waals surface area contributed by atoms with Crippen LogP contribution in [0.25, 0.3) is 0 Å². The third-order valence-electron chi connectivity index (χ3n) is 4.61. The number of imidazole rings is 1. The highest BCUT2D eigenvalue weighted by Gasteiger charge is 2.29. The summed E-state index contributed by atoms with van der Waals surface area (Å²) in [6, 6.07) is -3.54. The molecule has 0 fully saturated rings. The maximum absolute atomic E-state index is 13.0. The van der Waals surface area contributed by atoms with Crippen molar-refractivity contribution < 1.29 is 34.2 Å². The minimum absolute atomic E-state index is 0.0410. The lowest BCUT2D eigenvalue weighted by Crippen LogP contribution is -2.56. The van der Waals surface area contributed by atoms with E-state index in [0.717, 1.165) is 0 Å². The summed E-state index contributed by atoms with van der Waals surface area (Å²) in [6.45, 7) is -0.500. The van der Waals surface area contributed by atoms with Gasteiger partial charge < -0.3 is 48.3 Å².